The summed E-state index contributed by atoms with van der Waals surface area (Å²) in [7, 11) is 0. The lowest BCUT2D eigenvalue weighted by Gasteiger charge is -2.34. The van der Waals surface area contributed by atoms with Gasteiger partial charge in [0.15, 0.2) is 0 Å². The number of hydrogen-bond donors (Lipinski definition) is 0. The number of fused-ring (bicyclic) bond motifs is 1. The summed E-state index contributed by atoms with van der Waals surface area (Å²) in [6.45, 7) is 3.38. The Morgan fingerprint density at radius 1 is 1.26 bits per heavy atom. The molecule has 23 heavy (non-hydrogen) atoms. The summed E-state index contributed by atoms with van der Waals surface area (Å²) < 4.78 is 2.14. The van der Waals surface area contributed by atoms with E-state index in [1.807, 2.05) is 25.3 Å². The minimum absolute atomic E-state index is 0.00267. The molecule has 3 rings (SSSR count). The van der Waals surface area contributed by atoms with E-state index in [0.717, 1.165) is 12.2 Å². The summed E-state index contributed by atoms with van der Waals surface area (Å²) in [5, 5.41) is 11.0. The van der Waals surface area contributed by atoms with Crippen molar-refractivity contribution in [2.24, 2.45) is 0 Å². The minimum atomic E-state index is -0.444. The zero-order chi connectivity index (χ0) is 16.4. The first-order valence-corrected chi connectivity index (χ1v) is 7.45. The quantitative estimate of drug-likeness (QED) is 0.497. The molecule has 0 aliphatic carbocycles. The predicted octanol–water partition coefficient (Wildman–Crippen LogP) is 3.01. The molecule has 0 unspecified atom stereocenters. The summed E-state index contributed by atoms with van der Waals surface area (Å²) in [5.74, 6) is -0.136. The van der Waals surface area contributed by atoms with Gasteiger partial charge in [-0.2, -0.15) is 0 Å². The topological polar surface area (TPSA) is 68.4 Å². The number of nitro benzene ring substituents is 1. The molecule has 1 aromatic carbocycles. The van der Waals surface area contributed by atoms with E-state index in [9.17, 15) is 14.9 Å². The lowest BCUT2D eigenvalue weighted by atomic mass is 10.1. The number of nitro groups is 1. The molecule has 1 aromatic heterocycles. The highest BCUT2D eigenvalue weighted by Gasteiger charge is 2.26. The number of nitrogens with zero attached hydrogens (tertiary/aromatic N) is 3. The van der Waals surface area contributed by atoms with Gasteiger partial charge in [0.05, 0.1) is 16.5 Å². The molecule has 6 heteroatoms. The number of hydrogen-bond acceptors (Lipinski definition) is 3. The SMILES string of the molecule is C[C@H]1c2cccn2CCN1C(=O)/C=C/c1ccccc1[N+](=O)[O-]. The van der Waals surface area contributed by atoms with E-state index in [0.29, 0.717) is 12.1 Å². The van der Waals surface area contributed by atoms with Crippen molar-refractivity contribution in [3.05, 3.63) is 70.0 Å². The Balaban J connectivity index is 1.79. The van der Waals surface area contributed by atoms with Crippen LogP contribution in [0.5, 0.6) is 0 Å². The van der Waals surface area contributed by atoms with Crippen LogP contribution in [0, 0.1) is 10.1 Å². The predicted molar refractivity (Wildman–Crippen MR) is 86.7 cm³/mol. The highest BCUT2D eigenvalue weighted by atomic mass is 16.6. The summed E-state index contributed by atoms with van der Waals surface area (Å²) in [6.07, 6.45) is 4.94. The molecule has 0 fully saturated rings. The third kappa shape index (κ3) is 2.88. The molecule has 2 aromatic rings. The average Bonchev–Trinajstić information content (AvgIpc) is 3.02. The largest absolute Gasteiger partial charge is 0.348 e. The van der Waals surface area contributed by atoms with Crippen molar-refractivity contribution in [3.63, 3.8) is 0 Å². The monoisotopic (exact) mass is 311 g/mol. The first-order chi connectivity index (χ1) is 11.1. The van der Waals surface area contributed by atoms with Gasteiger partial charge in [0.2, 0.25) is 5.91 Å². The van der Waals surface area contributed by atoms with Crippen molar-refractivity contribution in [1.82, 2.24) is 9.47 Å². The summed E-state index contributed by atoms with van der Waals surface area (Å²) >= 11 is 0. The number of aromatic nitrogens is 1. The van der Waals surface area contributed by atoms with Gasteiger partial charge < -0.3 is 9.47 Å². The standard InChI is InChI=1S/C17H17N3O3/c1-13-15-7-4-10-18(15)11-12-19(13)17(21)9-8-14-5-2-3-6-16(14)20(22)23/h2-10,13H,11-12H2,1H3/b9-8+/t13-/m0/s1. The van der Waals surface area contributed by atoms with E-state index >= 15 is 0 Å². The molecule has 0 bridgehead atoms. The fraction of sp³-hybridized carbons (Fsp3) is 0.235. The van der Waals surface area contributed by atoms with Crippen LogP contribution in [0.15, 0.2) is 48.7 Å². The Hall–Kier alpha value is -2.89. The number of para-hydroxylation sites is 1. The van der Waals surface area contributed by atoms with E-state index in [1.165, 1.54) is 18.2 Å². The molecular weight excluding hydrogens is 294 g/mol. The maximum atomic E-state index is 12.5. The Kier molecular flexibility index (Phi) is 3.97. The number of rotatable bonds is 3. The van der Waals surface area contributed by atoms with Crippen molar-refractivity contribution in [1.29, 1.82) is 0 Å². The third-order valence-electron chi connectivity index (χ3n) is 4.16. The smallest absolute Gasteiger partial charge is 0.276 e. The zero-order valence-corrected chi connectivity index (χ0v) is 12.8. The number of amides is 1. The first kappa shape index (κ1) is 15.0. The third-order valence-corrected chi connectivity index (χ3v) is 4.16. The van der Waals surface area contributed by atoms with Crippen LogP contribution in [0.25, 0.3) is 6.08 Å². The van der Waals surface area contributed by atoms with Crippen LogP contribution in [-0.2, 0) is 11.3 Å². The molecule has 0 N–H and O–H groups in total. The van der Waals surface area contributed by atoms with Crippen LogP contribution in [0.2, 0.25) is 0 Å². The second-order valence-corrected chi connectivity index (χ2v) is 5.48. The van der Waals surface area contributed by atoms with Gasteiger partial charge >= 0.3 is 0 Å². The van der Waals surface area contributed by atoms with Crippen molar-refractivity contribution in [2.75, 3.05) is 6.54 Å². The summed E-state index contributed by atoms with van der Waals surface area (Å²) in [5.41, 5.74) is 1.53. The van der Waals surface area contributed by atoms with Crippen molar-refractivity contribution in [3.8, 4) is 0 Å². The second-order valence-electron chi connectivity index (χ2n) is 5.48. The van der Waals surface area contributed by atoms with Gasteiger partial charge in [0.1, 0.15) is 0 Å². The lowest BCUT2D eigenvalue weighted by molar-refractivity contribution is -0.385. The van der Waals surface area contributed by atoms with Crippen molar-refractivity contribution >= 4 is 17.7 Å². The number of benzene rings is 1. The molecular formula is C17H17N3O3. The highest BCUT2D eigenvalue weighted by Crippen LogP contribution is 2.26. The lowest BCUT2D eigenvalue weighted by Crippen LogP contribution is -2.39. The Morgan fingerprint density at radius 2 is 2.04 bits per heavy atom. The minimum Gasteiger partial charge on any atom is -0.348 e. The Labute approximate surface area is 133 Å². The van der Waals surface area contributed by atoms with E-state index in [4.69, 9.17) is 0 Å². The molecule has 0 radical (unpaired) electrons. The molecule has 1 aliphatic rings. The molecule has 6 nitrogen and oxygen atoms in total. The highest BCUT2D eigenvalue weighted by molar-refractivity contribution is 5.92. The van der Waals surface area contributed by atoms with Gasteiger partial charge in [-0.15, -0.1) is 0 Å². The zero-order valence-electron chi connectivity index (χ0n) is 12.8. The van der Waals surface area contributed by atoms with Crippen molar-refractivity contribution in [2.45, 2.75) is 19.5 Å². The maximum absolute atomic E-state index is 12.5. The van der Waals surface area contributed by atoms with Crippen molar-refractivity contribution < 1.29 is 9.72 Å². The molecule has 0 saturated carbocycles. The van der Waals surface area contributed by atoms with Crippen LogP contribution < -0.4 is 0 Å². The van der Waals surface area contributed by atoms with E-state index < -0.39 is 4.92 Å². The van der Waals surface area contributed by atoms with Gasteiger partial charge in [-0.25, -0.2) is 0 Å². The number of carbonyl (C=O) groups excluding carboxylic acids is 1. The Bertz CT molecular complexity index is 779. The van der Waals surface area contributed by atoms with Crippen LogP contribution in [0.3, 0.4) is 0 Å². The number of carbonyl (C=O) groups is 1. The Morgan fingerprint density at radius 3 is 2.83 bits per heavy atom. The van der Waals surface area contributed by atoms with Crippen LogP contribution in [-0.4, -0.2) is 26.8 Å². The average molecular weight is 311 g/mol. The van der Waals surface area contributed by atoms with E-state index in [1.54, 1.807) is 23.1 Å². The van der Waals surface area contributed by atoms with E-state index in [2.05, 4.69) is 4.57 Å². The second kappa shape index (κ2) is 6.08. The molecule has 0 spiro atoms. The van der Waals surface area contributed by atoms with Gasteiger partial charge in [0, 0.05) is 37.1 Å². The molecule has 1 atom stereocenters. The van der Waals surface area contributed by atoms with Crippen LogP contribution >= 0.6 is 0 Å². The molecule has 0 saturated heterocycles. The molecule has 1 amide bonds. The van der Waals surface area contributed by atoms with Gasteiger partial charge in [-0.3, -0.25) is 14.9 Å². The molecule has 2 heterocycles. The fourth-order valence-corrected chi connectivity index (χ4v) is 2.93. The molecule has 118 valence electrons. The van der Waals surface area contributed by atoms with Gasteiger partial charge in [-0.05, 0) is 31.2 Å². The van der Waals surface area contributed by atoms with Crippen LogP contribution in [0.1, 0.15) is 24.2 Å². The maximum Gasteiger partial charge on any atom is 0.276 e. The summed E-state index contributed by atoms with van der Waals surface area (Å²) in [4.78, 5) is 24.8. The van der Waals surface area contributed by atoms with Gasteiger partial charge in [0.25, 0.3) is 5.69 Å². The first-order valence-electron chi connectivity index (χ1n) is 7.45. The normalized spacial score (nSPS) is 17.3. The van der Waals surface area contributed by atoms with E-state index in [-0.39, 0.29) is 17.6 Å². The fourth-order valence-electron chi connectivity index (χ4n) is 2.93. The molecule has 1 aliphatic heterocycles. The van der Waals surface area contributed by atoms with Crippen LogP contribution in [0.4, 0.5) is 5.69 Å². The summed E-state index contributed by atoms with van der Waals surface area (Å²) in [6, 6.07) is 10.4. The van der Waals surface area contributed by atoms with Gasteiger partial charge in [-0.1, -0.05) is 12.1 Å².